The van der Waals surface area contributed by atoms with Crippen LogP contribution in [0.4, 0.5) is 0 Å². The Kier molecular flexibility index (Phi) is 10.8. The van der Waals surface area contributed by atoms with Crippen molar-refractivity contribution in [2.24, 2.45) is 0 Å². The van der Waals surface area contributed by atoms with Crippen LogP contribution in [0, 0.1) is 0 Å². The SMILES string of the molecule is C1=C(CC2c3ccccc3-c3ccccc32)Cc2ccccc21.C1=C(CC2c3ccccc3-c3ccccc32)Cc2ccccc21.[Cl-].[Cl-].[Zr+2]. The van der Waals surface area contributed by atoms with Gasteiger partial charge in [0.2, 0.25) is 0 Å². The van der Waals surface area contributed by atoms with Crippen LogP contribution < -0.4 is 24.8 Å². The van der Waals surface area contributed by atoms with Crippen LogP contribution in [0.15, 0.2) is 157 Å². The Bertz CT molecular complexity index is 1940. The van der Waals surface area contributed by atoms with Crippen LogP contribution in [0.5, 0.6) is 0 Å². The summed E-state index contributed by atoms with van der Waals surface area (Å²) < 4.78 is 0. The second-order valence-corrected chi connectivity index (χ2v) is 13.2. The zero-order valence-electron chi connectivity index (χ0n) is 27.3. The normalized spacial score (nSPS) is 14.1. The monoisotopic (exact) mass is 748 g/mol. The van der Waals surface area contributed by atoms with E-state index in [-0.39, 0.29) is 51.0 Å². The first-order chi connectivity index (χ1) is 22.8. The second-order valence-electron chi connectivity index (χ2n) is 13.2. The van der Waals surface area contributed by atoms with Crippen LogP contribution in [0.1, 0.15) is 69.2 Å². The molecule has 0 radical (unpaired) electrons. The summed E-state index contributed by atoms with van der Waals surface area (Å²) in [6.07, 6.45) is 9.27. The average Bonchev–Trinajstić information content (AvgIpc) is 3.87. The molecule has 10 rings (SSSR count). The van der Waals surface area contributed by atoms with Gasteiger partial charge in [0, 0.05) is 11.8 Å². The number of fused-ring (bicyclic) bond motifs is 8. The Morgan fingerprint density at radius 3 is 0.980 bits per heavy atom. The molecule has 0 amide bonds. The van der Waals surface area contributed by atoms with E-state index < -0.39 is 0 Å². The van der Waals surface area contributed by atoms with Gasteiger partial charge in [-0.1, -0.05) is 169 Å². The van der Waals surface area contributed by atoms with Crippen molar-refractivity contribution >= 4 is 12.2 Å². The first-order valence-corrected chi connectivity index (χ1v) is 16.7. The molecule has 0 aliphatic heterocycles. The Morgan fingerprint density at radius 1 is 0.367 bits per heavy atom. The van der Waals surface area contributed by atoms with E-state index in [1.54, 1.807) is 11.1 Å². The van der Waals surface area contributed by atoms with E-state index in [0.717, 1.165) is 25.7 Å². The van der Waals surface area contributed by atoms with Crippen molar-refractivity contribution in [1.82, 2.24) is 0 Å². The van der Waals surface area contributed by atoms with Gasteiger partial charge in [-0.25, -0.2) is 0 Å². The van der Waals surface area contributed by atoms with Crippen LogP contribution in [0.3, 0.4) is 0 Å². The molecule has 0 N–H and O–H groups in total. The van der Waals surface area contributed by atoms with Crippen LogP contribution in [-0.2, 0) is 39.0 Å². The van der Waals surface area contributed by atoms with E-state index in [1.165, 1.54) is 66.8 Å². The van der Waals surface area contributed by atoms with Crippen LogP contribution >= 0.6 is 0 Å². The third-order valence-electron chi connectivity index (χ3n) is 10.5. The van der Waals surface area contributed by atoms with Gasteiger partial charge in [-0.15, -0.1) is 0 Å². The maximum Gasteiger partial charge on any atom is 2.00 e. The van der Waals surface area contributed by atoms with Gasteiger partial charge in [-0.2, -0.15) is 0 Å². The fourth-order valence-corrected chi connectivity index (χ4v) is 8.45. The summed E-state index contributed by atoms with van der Waals surface area (Å²) in [4.78, 5) is 0. The van der Waals surface area contributed by atoms with E-state index >= 15 is 0 Å². The number of hydrogen-bond donors (Lipinski definition) is 0. The molecule has 0 nitrogen and oxygen atoms in total. The zero-order chi connectivity index (χ0) is 30.5. The van der Waals surface area contributed by atoms with Gasteiger partial charge in [0.25, 0.3) is 0 Å². The first-order valence-electron chi connectivity index (χ1n) is 16.7. The topological polar surface area (TPSA) is 0 Å². The van der Waals surface area contributed by atoms with E-state index in [1.807, 2.05) is 0 Å². The summed E-state index contributed by atoms with van der Waals surface area (Å²) in [5.74, 6) is 1.01. The van der Waals surface area contributed by atoms with Crippen molar-refractivity contribution in [3.8, 4) is 22.3 Å². The second kappa shape index (κ2) is 15.0. The maximum atomic E-state index is 2.40. The van der Waals surface area contributed by atoms with Crippen LogP contribution in [0.25, 0.3) is 34.4 Å². The molecule has 0 atom stereocenters. The molecular formula is C46H36Cl2Zr. The number of rotatable bonds is 4. The van der Waals surface area contributed by atoms with E-state index in [0.29, 0.717) is 11.8 Å². The van der Waals surface area contributed by atoms with Gasteiger partial charge >= 0.3 is 26.2 Å². The molecule has 0 unspecified atom stereocenters. The molecule has 3 heteroatoms. The largest absolute Gasteiger partial charge is 2.00 e. The molecule has 238 valence electrons. The minimum atomic E-state index is 0. The Morgan fingerprint density at radius 2 is 0.653 bits per heavy atom. The minimum absolute atomic E-state index is 0. The summed E-state index contributed by atoms with van der Waals surface area (Å²) in [6.45, 7) is 0. The van der Waals surface area contributed by atoms with Gasteiger partial charge < -0.3 is 24.8 Å². The van der Waals surface area contributed by atoms with E-state index in [4.69, 9.17) is 0 Å². The van der Waals surface area contributed by atoms with Gasteiger partial charge in [0.1, 0.15) is 0 Å². The molecule has 6 aromatic rings. The fraction of sp³-hybridized carbons (Fsp3) is 0.130. The van der Waals surface area contributed by atoms with Crippen LogP contribution in [0.2, 0.25) is 0 Å². The molecular weight excluding hydrogens is 715 g/mol. The number of halogens is 2. The molecule has 4 aliphatic carbocycles. The van der Waals surface area contributed by atoms with Gasteiger partial charge in [-0.3, -0.25) is 0 Å². The molecule has 0 aromatic heterocycles. The Balaban J connectivity index is 0.000000160. The van der Waals surface area contributed by atoms with Crippen molar-refractivity contribution in [2.45, 2.75) is 37.5 Å². The molecule has 0 fully saturated rings. The summed E-state index contributed by atoms with van der Waals surface area (Å²) in [6, 6.07) is 53.2. The third-order valence-corrected chi connectivity index (χ3v) is 10.5. The smallest absolute Gasteiger partial charge is 1.00 e. The number of benzene rings is 6. The van der Waals surface area contributed by atoms with Crippen molar-refractivity contribution in [3.63, 3.8) is 0 Å². The summed E-state index contributed by atoms with van der Waals surface area (Å²) in [7, 11) is 0. The average molecular weight is 751 g/mol. The van der Waals surface area contributed by atoms with Gasteiger partial charge in [0.15, 0.2) is 0 Å². The molecule has 4 aliphatic rings. The summed E-state index contributed by atoms with van der Waals surface area (Å²) in [5.41, 5.74) is 20.5. The molecule has 0 saturated heterocycles. The van der Waals surface area contributed by atoms with Crippen molar-refractivity contribution in [2.75, 3.05) is 0 Å². The summed E-state index contributed by atoms with van der Waals surface area (Å²) in [5, 5.41) is 0. The molecule has 49 heavy (non-hydrogen) atoms. The number of hydrogen-bond acceptors (Lipinski definition) is 0. The van der Waals surface area contributed by atoms with Crippen molar-refractivity contribution < 1.29 is 51.0 Å². The quantitative estimate of drug-likeness (QED) is 0.218. The fourth-order valence-electron chi connectivity index (χ4n) is 8.45. The summed E-state index contributed by atoms with van der Waals surface area (Å²) >= 11 is 0. The number of allylic oxidation sites excluding steroid dienone is 2. The first kappa shape index (κ1) is 35.1. The maximum absolute atomic E-state index is 2.40. The minimum Gasteiger partial charge on any atom is -1.00 e. The predicted molar refractivity (Wildman–Crippen MR) is 193 cm³/mol. The third kappa shape index (κ3) is 6.50. The molecule has 6 aromatic carbocycles. The van der Waals surface area contributed by atoms with Gasteiger partial charge in [0.05, 0.1) is 0 Å². The predicted octanol–water partition coefficient (Wildman–Crippen LogP) is 5.66. The van der Waals surface area contributed by atoms with E-state index in [9.17, 15) is 0 Å². The standard InChI is InChI=1S/2C23H18.2ClH.Zr/c2*1-2-8-18-14-16(13-17(18)7-1)15-23-21-11-5-3-9-19(21)20-10-4-6-12-22(20)23;;;/h2*1-13,23H,14-15H2;2*1H;/q;;;;+2/p-2. The zero-order valence-corrected chi connectivity index (χ0v) is 31.2. The van der Waals surface area contributed by atoms with Crippen molar-refractivity contribution in [3.05, 3.63) is 201 Å². The Hall–Kier alpha value is -3.74. The molecule has 0 saturated carbocycles. The van der Waals surface area contributed by atoms with E-state index in [2.05, 4.69) is 158 Å². The Labute approximate surface area is 322 Å². The van der Waals surface area contributed by atoms with Crippen LogP contribution in [-0.4, -0.2) is 0 Å². The van der Waals surface area contributed by atoms with Gasteiger partial charge in [-0.05, 0) is 92.4 Å². The molecule has 0 bridgehead atoms. The van der Waals surface area contributed by atoms with Crippen molar-refractivity contribution in [1.29, 1.82) is 0 Å². The molecule has 0 heterocycles. The molecule has 0 spiro atoms.